The molecule has 2 aromatic heterocycles. The summed E-state index contributed by atoms with van der Waals surface area (Å²) in [7, 11) is 0. The summed E-state index contributed by atoms with van der Waals surface area (Å²) in [5.41, 5.74) is 2.10. The number of furan rings is 1. The zero-order valence-corrected chi connectivity index (χ0v) is 17.0. The van der Waals surface area contributed by atoms with Gasteiger partial charge in [0.15, 0.2) is 5.76 Å². The molecule has 1 atom stereocenters. The Morgan fingerprint density at radius 1 is 1.07 bits per heavy atom. The van der Waals surface area contributed by atoms with Crippen molar-refractivity contribution in [3.63, 3.8) is 0 Å². The Balaban J connectivity index is 1.67. The van der Waals surface area contributed by atoms with Gasteiger partial charge >= 0.3 is 0 Å². The first-order valence-electron chi connectivity index (χ1n) is 10.5. The number of hydrogen-bond acceptors (Lipinski definition) is 3. The van der Waals surface area contributed by atoms with Crippen LogP contribution in [-0.4, -0.2) is 15.5 Å². The highest BCUT2D eigenvalue weighted by Gasteiger charge is 2.19. The zero-order valence-electron chi connectivity index (χ0n) is 17.0. The van der Waals surface area contributed by atoms with Crippen molar-refractivity contribution >= 4 is 16.9 Å². The minimum Gasteiger partial charge on any atom is -0.459 e. The molecule has 0 bridgehead atoms. The second kappa shape index (κ2) is 10.1. The minimum absolute atomic E-state index is 0.199. The molecular weight excluding hydrogens is 350 g/mol. The lowest BCUT2D eigenvalue weighted by Crippen LogP contribution is -2.28. The Kier molecular flexibility index (Phi) is 7.29. The first kappa shape index (κ1) is 20.2. The van der Waals surface area contributed by atoms with Gasteiger partial charge in [-0.2, -0.15) is 0 Å². The van der Waals surface area contributed by atoms with Gasteiger partial charge in [0, 0.05) is 6.54 Å². The number of hydrogen-bond donors (Lipinski definition) is 1. The van der Waals surface area contributed by atoms with Gasteiger partial charge < -0.3 is 14.3 Å². The largest absolute Gasteiger partial charge is 0.459 e. The van der Waals surface area contributed by atoms with Gasteiger partial charge in [-0.25, -0.2) is 4.98 Å². The van der Waals surface area contributed by atoms with Crippen LogP contribution in [0.4, 0.5) is 0 Å². The van der Waals surface area contributed by atoms with Gasteiger partial charge in [-0.05, 0) is 37.6 Å². The topological polar surface area (TPSA) is 60.1 Å². The van der Waals surface area contributed by atoms with Crippen molar-refractivity contribution in [1.29, 1.82) is 0 Å². The molecule has 0 radical (unpaired) electrons. The van der Waals surface area contributed by atoms with Gasteiger partial charge in [-0.15, -0.1) is 0 Å². The van der Waals surface area contributed by atoms with Gasteiger partial charge in [0.05, 0.1) is 23.3 Å². The number of rotatable bonds is 11. The Bertz CT molecular complexity index is 867. The molecule has 0 aliphatic heterocycles. The van der Waals surface area contributed by atoms with E-state index < -0.39 is 0 Å². The van der Waals surface area contributed by atoms with E-state index in [0.717, 1.165) is 29.8 Å². The van der Waals surface area contributed by atoms with Crippen molar-refractivity contribution in [2.24, 2.45) is 0 Å². The maximum Gasteiger partial charge on any atom is 0.287 e. The van der Waals surface area contributed by atoms with E-state index in [0.29, 0.717) is 5.76 Å². The van der Waals surface area contributed by atoms with Crippen LogP contribution in [-0.2, 0) is 6.54 Å². The molecule has 0 saturated heterocycles. The number of carbonyl (C=O) groups excluding carboxylic acids is 1. The molecule has 150 valence electrons. The summed E-state index contributed by atoms with van der Waals surface area (Å²) in [5.74, 6) is 1.00. The average Bonchev–Trinajstić information content (AvgIpc) is 3.36. The number of para-hydroxylation sites is 2. The molecule has 5 nitrogen and oxygen atoms in total. The number of carbonyl (C=O) groups is 1. The van der Waals surface area contributed by atoms with Gasteiger partial charge in [0.25, 0.3) is 5.91 Å². The number of benzene rings is 1. The highest BCUT2D eigenvalue weighted by atomic mass is 16.3. The second-order valence-corrected chi connectivity index (χ2v) is 7.40. The third-order valence-electron chi connectivity index (χ3n) is 5.15. The second-order valence-electron chi connectivity index (χ2n) is 7.40. The molecule has 1 aromatic carbocycles. The highest BCUT2D eigenvalue weighted by molar-refractivity contribution is 5.91. The highest BCUT2D eigenvalue weighted by Crippen LogP contribution is 2.22. The summed E-state index contributed by atoms with van der Waals surface area (Å²) in [6.07, 6.45) is 10.4. The molecule has 2 heterocycles. The molecular formula is C23H31N3O2. The molecule has 0 aliphatic rings. The predicted octanol–water partition coefficient (Wildman–Crippen LogP) is 5.87. The fraction of sp³-hybridized carbons (Fsp3) is 0.478. The molecule has 3 rings (SSSR count). The van der Waals surface area contributed by atoms with Crippen molar-refractivity contribution in [2.75, 3.05) is 0 Å². The molecule has 28 heavy (non-hydrogen) atoms. The van der Waals surface area contributed by atoms with Gasteiger partial charge in [0.1, 0.15) is 5.82 Å². The summed E-state index contributed by atoms with van der Waals surface area (Å²) in [5, 5.41) is 3.01. The van der Waals surface area contributed by atoms with E-state index in [4.69, 9.17) is 9.40 Å². The summed E-state index contributed by atoms with van der Waals surface area (Å²) in [6.45, 7) is 5.14. The smallest absolute Gasteiger partial charge is 0.287 e. The summed E-state index contributed by atoms with van der Waals surface area (Å²) in [4.78, 5) is 17.2. The number of fused-ring (bicyclic) bond motifs is 1. The summed E-state index contributed by atoms with van der Waals surface area (Å²) < 4.78 is 7.46. The first-order valence-corrected chi connectivity index (χ1v) is 10.5. The van der Waals surface area contributed by atoms with Crippen LogP contribution < -0.4 is 5.32 Å². The molecule has 1 N–H and O–H groups in total. The van der Waals surface area contributed by atoms with E-state index >= 15 is 0 Å². The van der Waals surface area contributed by atoms with E-state index in [1.165, 1.54) is 44.8 Å². The van der Waals surface area contributed by atoms with Crippen molar-refractivity contribution in [2.45, 2.75) is 71.4 Å². The number of nitrogens with one attached hydrogen (secondary N) is 1. The molecule has 1 amide bonds. The number of nitrogens with zero attached hydrogens (tertiary/aromatic N) is 2. The molecule has 0 fully saturated rings. The standard InChI is InChI=1S/C23H31N3O2/c1-3-4-5-6-7-8-11-16-26-20-14-10-9-13-19(20)25-22(26)18(2)24-23(27)21-15-12-17-28-21/h9-10,12-15,17-18H,3-8,11,16H2,1-2H3,(H,24,27). The summed E-state index contributed by atoms with van der Waals surface area (Å²) >= 11 is 0. The number of amides is 1. The lowest BCUT2D eigenvalue weighted by molar-refractivity contribution is 0.0909. The van der Waals surface area contributed by atoms with Crippen molar-refractivity contribution in [3.05, 3.63) is 54.2 Å². The molecule has 0 aliphatic carbocycles. The third-order valence-corrected chi connectivity index (χ3v) is 5.15. The lowest BCUT2D eigenvalue weighted by Gasteiger charge is -2.16. The molecule has 0 saturated carbocycles. The summed E-state index contributed by atoms with van der Waals surface area (Å²) in [6, 6.07) is 11.4. The van der Waals surface area contributed by atoms with E-state index in [1.54, 1.807) is 12.1 Å². The Morgan fingerprint density at radius 3 is 2.57 bits per heavy atom. The zero-order chi connectivity index (χ0) is 19.8. The van der Waals surface area contributed by atoms with Gasteiger partial charge in [-0.3, -0.25) is 4.79 Å². The van der Waals surface area contributed by atoms with Crippen molar-refractivity contribution in [1.82, 2.24) is 14.9 Å². The normalized spacial score (nSPS) is 12.4. The van der Waals surface area contributed by atoms with Crippen molar-refractivity contribution in [3.8, 4) is 0 Å². The number of unbranched alkanes of at least 4 members (excludes halogenated alkanes) is 6. The van der Waals surface area contributed by atoms with Crippen LogP contribution in [0.1, 0.15) is 81.2 Å². The Labute approximate surface area is 167 Å². The lowest BCUT2D eigenvalue weighted by atomic mass is 10.1. The quantitative estimate of drug-likeness (QED) is 0.422. The molecule has 3 aromatic rings. The third kappa shape index (κ3) is 5.03. The van der Waals surface area contributed by atoms with Crippen LogP contribution in [0, 0.1) is 0 Å². The maximum absolute atomic E-state index is 12.4. The fourth-order valence-corrected chi connectivity index (χ4v) is 3.63. The van der Waals surface area contributed by atoms with Crippen molar-refractivity contribution < 1.29 is 9.21 Å². The average molecular weight is 382 g/mol. The van der Waals surface area contributed by atoms with Crippen LogP contribution in [0.5, 0.6) is 0 Å². The minimum atomic E-state index is -0.216. The Hall–Kier alpha value is -2.56. The van der Waals surface area contributed by atoms with E-state index in [1.807, 2.05) is 25.1 Å². The monoisotopic (exact) mass is 381 g/mol. The van der Waals surface area contributed by atoms with Gasteiger partial charge in [0.2, 0.25) is 0 Å². The van der Waals surface area contributed by atoms with E-state index in [-0.39, 0.29) is 11.9 Å². The van der Waals surface area contributed by atoms with Gasteiger partial charge in [-0.1, -0.05) is 57.6 Å². The number of imidazole rings is 1. The molecule has 0 spiro atoms. The van der Waals surface area contributed by atoms with Crippen LogP contribution in [0.15, 0.2) is 47.1 Å². The SMILES string of the molecule is CCCCCCCCCn1c(C(C)NC(=O)c2ccco2)nc2ccccc21. The van der Waals surface area contributed by atoms with Crippen LogP contribution in [0.2, 0.25) is 0 Å². The van der Waals surface area contributed by atoms with Crippen LogP contribution in [0.25, 0.3) is 11.0 Å². The number of aryl methyl sites for hydroxylation is 1. The van der Waals surface area contributed by atoms with Crippen LogP contribution >= 0.6 is 0 Å². The van der Waals surface area contributed by atoms with Crippen LogP contribution in [0.3, 0.4) is 0 Å². The fourth-order valence-electron chi connectivity index (χ4n) is 3.63. The first-order chi connectivity index (χ1) is 13.7. The maximum atomic E-state index is 12.4. The molecule has 1 unspecified atom stereocenters. The Morgan fingerprint density at radius 2 is 1.82 bits per heavy atom. The molecule has 5 heteroatoms. The predicted molar refractivity (Wildman–Crippen MR) is 112 cm³/mol. The van der Waals surface area contributed by atoms with E-state index in [9.17, 15) is 4.79 Å². The number of aromatic nitrogens is 2. The van der Waals surface area contributed by atoms with E-state index in [2.05, 4.69) is 22.9 Å².